The van der Waals surface area contributed by atoms with Crippen molar-refractivity contribution in [3.63, 3.8) is 0 Å². The Labute approximate surface area is 180 Å². The Bertz CT molecular complexity index is 1210. The van der Waals surface area contributed by atoms with Crippen LogP contribution in [0.2, 0.25) is 0 Å². The Balaban J connectivity index is 1.45. The average Bonchev–Trinajstić information content (AvgIpc) is 3.44. The summed E-state index contributed by atoms with van der Waals surface area (Å²) in [4.78, 5) is 28.3. The summed E-state index contributed by atoms with van der Waals surface area (Å²) in [7, 11) is 1.52. The highest BCUT2D eigenvalue weighted by Crippen LogP contribution is 2.32. The summed E-state index contributed by atoms with van der Waals surface area (Å²) in [5, 5.41) is 4.11. The van der Waals surface area contributed by atoms with Gasteiger partial charge in [0.05, 0.1) is 29.3 Å². The number of carbonyl (C=O) groups is 1. The number of likely N-dealkylation sites (tertiary alicyclic amines) is 1. The van der Waals surface area contributed by atoms with Crippen LogP contribution < -0.4 is 0 Å². The number of carbonyl (C=O) groups excluding carboxylic acids is 1. The van der Waals surface area contributed by atoms with E-state index in [0.717, 1.165) is 33.7 Å². The van der Waals surface area contributed by atoms with Crippen LogP contribution in [0, 0.1) is 0 Å². The maximum absolute atomic E-state index is 13.4. The van der Waals surface area contributed by atoms with Crippen molar-refractivity contribution in [1.29, 1.82) is 0 Å². The maximum atomic E-state index is 13.4. The molecule has 1 amide bonds. The standard InChI is InChI=1S/C25H22N4O2/c1-31-28-20-15-23(24-26-21-9-5-6-10-22(21)27-24)29(16-20)25(30)19-13-11-18(12-14-19)17-7-3-2-4-8-17/h2-14,23H,15-16H2,1H3,(H,26,27)/t23-/m0/s1. The van der Waals surface area contributed by atoms with E-state index in [1.165, 1.54) is 7.11 Å². The number of para-hydroxylation sites is 2. The Morgan fingerprint density at radius 3 is 2.45 bits per heavy atom. The lowest BCUT2D eigenvalue weighted by atomic mass is 10.0. The molecule has 2 heterocycles. The number of nitrogens with zero attached hydrogens (tertiary/aromatic N) is 3. The lowest BCUT2D eigenvalue weighted by Crippen LogP contribution is -2.31. The number of nitrogens with one attached hydrogen (secondary N) is 1. The monoisotopic (exact) mass is 410 g/mol. The van der Waals surface area contributed by atoms with Crippen molar-refractivity contribution < 1.29 is 9.63 Å². The zero-order valence-corrected chi connectivity index (χ0v) is 17.2. The maximum Gasteiger partial charge on any atom is 0.254 e. The molecule has 1 aromatic heterocycles. The first kappa shape index (κ1) is 19.1. The van der Waals surface area contributed by atoms with E-state index in [2.05, 4.69) is 22.3 Å². The Hall–Kier alpha value is -3.93. The van der Waals surface area contributed by atoms with Crippen molar-refractivity contribution >= 4 is 22.7 Å². The van der Waals surface area contributed by atoms with Gasteiger partial charge in [-0.15, -0.1) is 0 Å². The lowest BCUT2D eigenvalue weighted by Gasteiger charge is -2.22. The molecule has 0 aliphatic carbocycles. The molecule has 1 aliphatic rings. The Morgan fingerprint density at radius 2 is 1.71 bits per heavy atom. The van der Waals surface area contributed by atoms with E-state index in [0.29, 0.717) is 18.5 Å². The molecule has 0 spiro atoms. The number of rotatable bonds is 4. The third kappa shape index (κ3) is 3.68. The smallest absolute Gasteiger partial charge is 0.254 e. The number of oxime groups is 1. The van der Waals surface area contributed by atoms with Crippen LogP contribution in [-0.4, -0.2) is 40.1 Å². The SMILES string of the molecule is CON=C1C[C@@H](c2nc3ccccc3[nH]2)N(C(=O)c2ccc(-c3ccccc3)cc2)C1. The number of aromatic nitrogens is 2. The number of fused-ring (bicyclic) bond motifs is 1. The number of aromatic amines is 1. The summed E-state index contributed by atoms with van der Waals surface area (Å²) in [6.07, 6.45) is 0.585. The van der Waals surface area contributed by atoms with Gasteiger partial charge in [-0.2, -0.15) is 0 Å². The van der Waals surface area contributed by atoms with Gasteiger partial charge in [0.2, 0.25) is 0 Å². The molecule has 6 heteroatoms. The van der Waals surface area contributed by atoms with Gasteiger partial charge in [-0.3, -0.25) is 4.79 Å². The molecule has 1 fully saturated rings. The summed E-state index contributed by atoms with van der Waals surface area (Å²) in [6, 6.07) is 25.5. The zero-order chi connectivity index (χ0) is 21.2. The summed E-state index contributed by atoms with van der Waals surface area (Å²) in [6.45, 7) is 0.412. The van der Waals surface area contributed by atoms with Crippen LogP contribution in [0.25, 0.3) is 22.2 Å². The van der Waals surface area contributed by atoms with Crippen LogP contribution >= 0.6 is 0 Å². The van der Waals surface area contributed by atoms with Gasteiger partial charge < -0.3 is 14.7 Å². The molecule has 0 unspecified atom stereocenters. The van der Waals surface area contributed by atoms with Crippen LogP contribution in [0.5, 0.6) is 0 Å². The van der Waals surface area contributed by atoms with Crippen LogP contribution in [0.3, 0.4) is 0 Å². The van der Waals surface area contributed by atoms with E-state index < -0.39 is 0 Å². The highest BCUT2D eigenvalue weighted by molar-refractivity contribution is 6.00. The molecule has 1 atom stereocenters. The number of benzene rings is 3. The first-order chi connectivity index (χ1) is 15.2. The predicted octanol–water partition coefficient (Wildman–Crippen LogP) is 4.82. The molecule has 154 valence electrons. The van der Waals surface area contributed by atoms with Crippen LogP contribution in [0.15, 0.2) is 84.0 Å². The molecule has 31 heavy (non-hydrogen) atoms. The first-order valence-electron chi connectivity index (χ1n) is 10.2. The highest BCUT2D eigenvalue weighted by Gasteiger charge is 2.36. The van der Waals surface area contributed by atoms with Gasteiger partial charge in [-0.25, -0.2) is 4.98 Å². The summed E-state index contributed by atoms with van der Waals surface area (Å²) in [5.74, 6) is 0.711. The molecule has 0 bridgehead atoms. The van der Waals surface area contributed by atoms with Crippen molar-refractivity contribution in [2.45, 2.75) is 12.5 Å². The molecule has 1 aliphatic heterocycles. The number of hydrogen-bond acceptors (Lipinski definition) is 4. The molecule has 6 nitrogen and oxygen atoms in total. The Kier molecular flexibility index (Phi) is 4.96. The summed E-state index contributed by atoms with van der Waals surface area (Å²) < 4.78 is 0. The molecular weight excluding hydrogens is 388 g/mol. The van der Waals surface area contributed by atoms with Crippen molar-refractivity contribution in [1.82, 2.24) is 14.9 Å². The average molecular weight is 410 g/mol. The van der Waals surface area contributed by atoms with Gasteiger partial charge in [0.15, 0.2) is 0 Å². The second-order valence-corrected chi connectivity index (χ2v) is 7.58. The number of imidazole rings is 1. The minimum absolute atomic E-state index is 0.0497. The van der Waals surface area contributed by atoms with Gasteiger partial charge in [-0.05, 0) is 35.4 Å². The quantitative estimate of drug-likeness (QED) is 0.491. The summed E-state index contributed by atoms with van der Waals surface area (Å²) in [5.41, 5.74) is 5.50. The van der Waals surface area contributed by atoms with Crippen molar-refractivity contribution in [3.8, 4) is 11.1 Å². The van der Waals surface area contributed by atoms with Crippen LogP contribution in [0.4, 0.5) is 0 Å². The van der Waals surface area contributed by atoms with Crippen molar-refractivity contribution in [2.24, 2.45) is 5.16 Å². The molecular formula is C25H22N4O2. The van der Waals surface area contributed by atoms with E-state index in [-0.39, 0.29) is 11.9 Å². The number of H-pyrrole nitrogens is 1. The predicted molar refractivity (Wildman–Crippen MR) is 121 cm³/mol. The number of hydrogen-bond donors (Lipinski definition) is 1. The second kappa shape index (κ2) is 8.07. The van der Waals surface area contributed by atoms with Crippen molar-refractivity contribution in [3.05, 3.63) is 90.3 Å². The van der Waals surface area contributed by atoms with Gasteiger partial charge >= 0.3 is 0 Å². The van der Waals surface area contributed by atoms with E-state index in [1.54, 1.807) is 0 Å². The lowest BCUT2D eigenvalue weighted by molar-refractivity contribution is 0.0734. The van der Waals surface area contributed by atoms with E-state index >= 15 is 0 Å². The van der Waals surface area contributed by atoms with Crippen LogP contribution in [-0.2, 0) is 4.84 Å². The second-order valence-electron chi connectivity index (χ2n) is 7.58. The normalized spacial score (nSPS) is 17.4. The summed E-state index contributed by atoms with van der Waals surface area (Å²) >= 11 is 0. The molecule has 4 aromatic rings. The molecule has 0 saturated carbocycles. The molecule has 5 rings (SSSR count). The fraction of sp³-hybridized carbons (Fsp3) is 0.160. The topological polar surface area (TPSA) is 70.6 Å². The van der Waals surface area contributed by atoms with Gasteiger partial charge in [0, 0.05) is 12.0 Å². The van der Waals surface area contributed by atoms with Crippen molar-refractivity contribution in [2.75, 3.05) is 13.7 Å². The van der Waals surface area contributed by atoms with Gasteiger partial charge in [0.1, 0.15) is 12.9 Å². The molecule has 0 radical (unpaired) electrons. The Morgan fingerprint density at radius 1 is 1.00 bits per heavy atom. The third-order valence-corrected chi connectivity index (χ3v) is 5.60. The largest absolute Gasteiger partial charge is 0.399 e. The number of amides is 1. The van der Waals surface area contributed by atoms with E-state index in [1.807, 2.05) is 71.6 Å². The van der Waals surface area contributed by atoms with E-state index in [9.17, 15) is 4.79 Å². The van der Waals surface area contributed by atoms with E-state index in [4.69, 9.17) is 9.82 Å². The van der Waals surface area contributed by atoms with Gasteiger partial charge in [-0.1, -0.05) is 59.8 Å². The molecule has 3 aromatic carbocycles. The first-order valence-corrected chi connectivity index (χ1v) is 10.2. The molecule has 1 saturated heterocycles. The minimum atomic E-state index is -0.220. The minimum Gasteiger partial charge on any atom is -0.399 e. The fourth-order valence-corrected chi connectivity index (χ4v) is 4.09. The zero-order valence-electron chi connectivity index (χ0n) is 17.2. The highest BCUT2D eigenvalue weighted by atomic mass is 16.6. The van der Waals surface area contributed by atoms with Crippen LogP contribution in [0.1, 0.15) is 28.6 Å². The fourth-order valence-electron chi connectivity index (χ4n) is 4.09. The van der Waals surface area contributed by atoms with Gasteiger partial charge in [0.25, 0.3) is 5.91 Å². The third-order valence-electron chi connectivity index (χ3n) is 5.60. The molecule has 1 N–H and O–H groups in total.